The lowest BCUT2D eigenvalue weighted by atomic mass is 9.51. The second kappa shape index (κ2) is 2.96. The molecule has 1 N–H and O–H groups in total. The van der Waals surface area contributed by atoms with Gasteiger partial charge >= 0.3 is 5.97 Å². The molecule has 0 aromatic carbocycles. The molecule has 0 aromatic rings. The zero-order chi connectivity index (χ0) is 9.47. The van der Waals surface area contributed by atoms with Gasteiger partial charge in [-0.25, -0.2) is 9.18 Å². The molecule has 3 heteroatoms. The molecule has 2 fully saturated rings. The average Bonchev–Trinajstić information content (AvgIpc) is 1.90. The van der Waals surface area contributed by atoms with E-state index in [4.69, 9.17) is 5.11 Å². The highest BCUT2D eigenvalue weighted by atomic mass is 19.1. The Balaban J connectivity index is 1.71. The summed E-state index contributed by atoms with van der Waals surface area (Å²) in [5.41, 5.74) is 0.531. The molecule has 13 heavy (non-hydrogen) atoms. The summed E-state index contributed by atoms with van der Waals surface area (Å²) in [6.45, 7) is 0. The van der Waals surface area contributed by atoms with Crippen LogP contribution >= 0.6 is 0 Å². The van der Waals surface area contributed by atoms with E-state index < -0.39 is 12.1 Å². The zero-order valence-corrected chi connectivity index (χ0v) is 7.63. The van der Waals surface area contributed by atoms with Gasteiger partial charge in [-0.1, -0.05) is 6.42 Å². The number of halogens is 1. The van der Waals surface area contributed by atoms with E-state index in [1.54, 1.807) is 0 Å². The lowest BCUT2D eigenvalue weighted by Crippen LogP contribution is -2.43. The van der Waals surface area contributed by atoms with Gasteiger partial charge in [0.15, 0.2) is 6.17 Å². The molecular formula is C10H15FO2. The Hall–Kier alpha value is -0.600. The zero-order valence-electron chi connectivity index (χ0n) is 7.63. The maximum Gasteiger partial charge on any atom is 0.338 e. The van der Waals surface area contributed by atoms with E-state index >= 15 is 0 Å². The third-order valence-corrected chi connectivity index (χ3v) is 3.67. The van der Waals surface area contributed by atoms with Gasteiger partial charge in [-0.2, -0.15) is 0 Å². The van der Waals surface area contributed by atoms with Crippen LogP contribution in [0.2, 0.25) is 0 Å². The molecule has 0 aromatic heterocycles. The van der Waals surface area contributed by atoms with Crippen LogP contribution in [0, 0.1) is 11.3 Å². The van der Waals surface area contributed by atoms with Crippen molar-refractivity contribution in [1.29, 1.82) is 0 Å². The molecular weight excluding hydrogens is 171 g/mol. The lowest BCUT2D eigenvalue weighted by molar-refractivity contribution is -0.145. The Labute approximate surface area is 77.1 Å². The van der Waals surface area contributed by atoms with Crippen molar-refractivity contribution in [3.05, 3.63) is 0 Å². The molecule has 2 saturated carbocycles. The van der Waals surface area contributed by atoms with Gasteiger partial charge in [-0.3, -0.25) is 0 Å². The normalized spacial score (nSPS) is 27.8. The number of carboxylic acids is 1. The average molecular weight is 186 g/mol. The fourth-order valence-corrected chi connectivity index (χ4v) is 2.81. The first-order chi connectivity index (χ1) is 6.11. The summed E-state index contributed by atoms with van der Waals surface area (Å²) in [5, 5.41) is 8.38. The highest BCUT2D eigenvalue weighted by Gasteiger charge is 2.48. The van der Waals surface area contributed by atoms with Crippen LogP contribution in [0.25, 0.3) is 0 Å². The quantitative estimate of drug-likeness (QED) is 0.734. The fraction of sp³-hybridized carbons (Fsp3) is 0.900. The van der Waals surface area contributed by atoms with Gasteiger partial charge in [0.25, 0.3) is 0 Å². The van der Waals surface area contributed by atoms with Crippen molar-refractivity contribution in [2.24, 2.45) is 11.3 Å². The van der Waals surface area contributed by atoms with Gasteiger partial charge < -0.3 is 5.11 Å². The van der Waals surface area contributed by atoms with E-state index in [9.17, 15) is 9.18 Å². The second-order valence-corrected chi connectivity index (χ2v) is 4.67. The van der Waals surface area contributed by atoms with E-state index in [0.717, 1.165) is 12.8 Å². The molecule has 0 amide bonds. The van der Waals surface area contributed by atoms with Crippen LogP contribution in [-0.2, 0) is 4.79 Å². The van der Waals surface area contributed by atoms with Crippen molar-refractivity contribution in [3.8, 4) is 0 Å². The van der Waals surface area contributed by atoms with Gasteiger partial charge in [0.05, 0.1) is 0 Å². The van der Waals surface area contributed by atoms with E-state index in [1.165, 1.54) is 19.3 Å². The van der Waals surface area contributed by atoms with Gasteiger partial charge in [-0.15, -0.1) is 0 Å². The summed E-state index contributed by atoms with van der Waals surface area (Å²) < 4.78 is 12.8. The Kier molecular flexibility index (Phi) is 2.05. The van der Waals surface area contributed by atoms with Crippen LogP contribution in [0.5, 0.6) is 0 Å². The monoisotopic (exact) mass is 186 g/mol. The minimum atomic E-state index is -1.64. The van der Waals surface area contributed by atoms with Gasteiger partial charge in [0.2, 0.25) is 0 Å². The van der Waals surface area contributed by atoms with Crippen LogP contribution in [0.15, 0.2) is 0 Å². The standard InChI is InChI=1S/C10H15FO2/c11-8(9(12)13)4-7-5-10(6-7)2-1-3-10/h7-8H,1-6H2,(H,12,13). The summed E-state index contributed by atoms with van der Waals surface area (Å²) >= 11 is 0. The smallest absolute Gasteiger partial charge is 0.338 e. The predicted octanol–water partition coefficient (Wildman–Crippen LogP) is 2.38. The fourth-order valence-electron chi connectivity index (χ4n) is 2.81. The Morgan fingerprint density at radius 1 is 1.54 bits per heavy atom. The van der Waals surface area contributed by atoms with Crippen molar-refractivity contribution < 1.29 is 14.3 Å². The first-order valence-corrected chi connectivity index (χ1v) is 4.98. The van der Waals surface area contributed by atoms with Gasteiger partial charge in [0, 0.05) is 0 Å². The molecule has 0 aliphatic heterocycles. The maximum atomic E-state index is 12.8. The maximum absolute atomic E-state index is 12.8. The predicted molar refractivity (Wildman–Crippen MR) is 46.2 cm³/mol. The third kappa shape index (κ3) is 1.56. The van der Waals surface area contributed by atoms with E-state index in [1.807, 2.05) is 0 Å². The highest BCUT2D eigenvalue weighted by Crippen LogP contribution is 2.59. The second-order valence-electron chi connectivity index (χ2n) is 4.67. The number of hydrogen-bond acceptors (Lipinski definition) is 1. The highest BCUT2D eigenvalue weighted by molar-refractivity contribution is 5.72. The van der Waals surface area contributed by atoms with Crippen LogP contribution in [0.1, 0.15) is 38.5 Å². The van der Waals surface area contributed by atoms with Crippen molar-refractivity contribution in [2.45, 2.75) is 44.7 Å². The van der Waals surface area contributed by atoms with Crippen LogP contribution < -0.4 is 0 Å². The molecule has 1 atom stereocenters. The Morgan fingerprint density at radius 3 is 2.54 bits per heavy atom. The van der Waals surface area contributed by atoms with E-state index in [2.05, 4.69) is 0 Å². The Morgan fingerprint density at radius 2 is 2.15 bits per heavy atom. The van der Waals surface area contributed by atoms with Crippen LogP contribution in [-0.4, -0.2) is 17.2 Å². The minimum Gasteiger partial charge on any atom is -0.479 e. The van der Waals surface area contributed by atoms with E-state index in [0.29, 0.717) is 11.3 Å². The molecule has 0 heterocycles. The first kappa shape index (κ1) is 8.97. The van der Waals surface area contributed by atoms with Crippen molar-refractivity contribution in [1.82, 2.24) is 0 Å². The molecule has 1 spiro atoms. The summed E-state index contributed by atoms with van der Waals surface area (Å²) in [5.74, 6) is -0.957. The van der Waals surface area contributed by atoms with Crippen LogP contribution in [0.3, 0.4) is 0 Å². The molecule has 74 valence electrons. The summed E-state index contributed by atoms with van der Waals surface area (Å²) in [7, 11) is 0. The van der Waals surface area contributed by atoms with Crippen molar-refractivity contribution in [2.75, 3.05) is 0 Å². The van der Waals surface area contributed by atoms with Crippen molar-refractivity contribution >= 4 is 5.97 Å². The molecule has 2 nitrogen and oxygen atoms in total. The first-order valence-electron chi connectivity index (χ1n) is 4.98. The van der Waals surface area contributed by atoms with Gasteiger partial charge in [0.1, 0.15) is 0 Å². The number of hydrogen-bond donors (Lipinski definition) is 1. The summed E-state index contributed by atoms with van der Waals surface area (Å²) in [6.07, 6.45) is 4.62. The molecule has 0 radical (unpaired) electrons. The third-order valence-electron chi connectivity index (χ3n) is 3.67. The Bertz CT molecular complexity index is 215. The van der Waals surface area contributed by atoms with Crippen LogP contribution in [0.4, 0.5) is 4.39 Å². The molecule has 2 rings (SSSR count). The molecule has 1 unspecified atom stereocenters. The summed E-state index contributed by atoms with van der Waals surface area (Å²) in [6, 6.07) is 0. The molecule has 0 saturated heterocycles. The number of carbonyl (C=O) groups is 1. The van der Waals surface area contributed by atoms with E-state index in [-0.39, 0.29) is 6.42 Å². The number of alkyl halides is 1. The number of carboxylic acid groups (broad SMARTS) is 1. The molecule has 2 aliphatic rings. The largest absolute Gasteiger partial charge is 0.479 e. The molecule has 0 bridgehead atoms. The van der Waals surface area contributed by atoms with Crippen molar-refractivity contribution in [3.63, 3.8) is 0 Å². The summed E-state index contributed by atoms with van der Waals surface area (Å²) in [4.78, 5) is 10.2. The number of aliphatic carboxylic acids is 1. The number of rotatable bonds is 3. The minimum absolute atomic E-state index is 0.233. The topological polar surface area (TPSA) is 37.3 Å². The van der Waals surface area contributed by atoms with Gasteiger partial charge in [-0.05, 0) is 43.4 Å². The molecule has 2 aliphatic carbocycles. The SMILES string of the molecule is O=C(O)C(F)CC1CC2(CCC2)C1. The lowest BCUT2D eigenvalue weighted by Gasteiger charge is -2.54.